The van der Waals surface area contributed by atoms with Gasteiger partial charge in [-0.05, 0) is 55.9 Å². The normalized spacial score (nSPS) is 13.6. The van der Waals surface area contributed by atoms with E-state index in [0.717, 1.165) is 31.5 Å². The van der Waals surface area contributed by atoms with Crippen LogP contribution in [0.4, 0.5) is 5.69 Å². The molecule has 1 aliphatic heterocycles. The van der Waals surface area contributed by atoms with E-state index in [1.54, 1.807) is 7.11 Å². The first-order chi connectivity index (χ1) is 14.7. The SMILES string of the molecule is COc1ccccc1CNC(=O)C(=O)NCCCc1ccc(N2CCCCC2)cc1. The third kappa shape index (κ3) is 6.24. The lowest BCUT2D eigenvalue weighted by Crippen LogP contribution is -2.40. The summed E-state index contributed by atoms with van der Waals surface area (Å²) in [6, 6.07) is 16.1. The minimum absolute atomic E-state index is 0.250. The maximum Gasteiger partial charge on any atom is 0.309 e. The zero-order valence-electron chi connectivity index (χ0n) is 17.7. The van der Waals surface area contributed by atoms with Crippen molar-refractivity contribution in [1.82, 2.24) is 10.6 Å². The molecule has 3 rings (SSSR count). The number of carbonyl (C=O) groups excluding carboxylic acids is 2. The number of piperidine rings is 1. The van der Waals surface area contributed by atoms with Gasteiger partial charge in [-0.3, -0.25) is 9.59 Å². The van der Waals surface area contributed by atoms with Gasteiger partial charge in [0, 0.05) is 37.4 Å². The van der Waals surface area contributed by atoms with Crippen molar-refractivity contribution in [3.05, 3.63) is 59.7 Å². The molecule has 2 aromatic rings. The quantitative estimate of drug-likeness (QED) is 0.519. The highest BCUT2D eigenvalue weighted by Gasteiger charge is 2.13. The van der Waals surface area contributed by atoms with Crippen molar-refractivity contribution in [1.29, 1.82) is 0 Å². The van der Waals surface area contributed by atoms with Crippen molar-refractivity contribution in [2.75, 3.05) is 31.6 Å². The minimum Gasteiger partial charge on any atom is -0.496 e. The number of aryl methyl sites for hydroxylation is 1. The maximum absolute atomic E-state index is 12.0. The van der Waals surface area contributed by atoms with Crippen LogP contribution < -0.4 is 20.3 Å². The summed E-state index contributed by atoms with van der Waals surface area (Å²) >= 11 is 0. The Kier molecular flexibility index (Phi) is 8.12. The molecule has 2 aromatic carbocycles. The summed E-state index contributed by atoms with van der Waals surface area (Å²) in [7, 11) is 1.58. The number of nitrogens with zero attached hydrogens (tertiary/aromatic N) is 1. The molecule has 0 radical (unpaired) electrons. The smallest absolute Gasteiger partial charge is 0.309 e. The molecule has 0 atom stereocenters. The summed E-state index contributed by atoms with van der Waals surface area (Å²) in [5.74, 6) is -0.554. The molecule has 1 heterocycles. The van der Waals surface area contributed by atoms with E-state index >= 15 is 0 Å². The lowest BCUT2D eigenvalue weighted by molar-refractivity contribution is -0.139. The Morgan fingerprint density at radius 2 is 1.63 bits per heavy atom. The molecule has 0 unspecified atom stereocenters. The lowest BCUT2D eigenvalue weighted by atomic mass is 10.1. The molecule has 0 aliphatic carbocycles. The summed E-state index contributed by atoms with van der Waals surface area (Å²) in [5.41, 5.74) is 3.36. The Labute approximate surface area is 178 Å². The topological polar surface area (TPSA) is 70.7 Å². The predicted molar refractivity (Wildman–Crippen MR) is 119 cm³/mol. The zero-order valence-corrected chi connectivity index (χ0v) is 17.7. The van der Waals surface area contributed by atoms with Crippen LogP contribution in [0.25, 0.3) is 0 Å². The number of methoxy groups -OCH3 is 1. The van der Waals surface area contributed by atoms with Crippen LogP contribution in [0.3, 0.4) is 0 Å². The number of carbonyl (C=O) groups is 2. The fourth-order valence-electron chi connectivity index (χ4n) is 3.71. The van der Waals surface area contributed by atoms with Gasteiger partial charge in [-0.2, -0.15) is 0 Å². The summed E-state index contributed by atoms with van der Waals surface area (Å²) < 4.78 is 5.25. The average Bonchev–Trinajstić information content (AvgIpc) is 2.81. The van der Waals surface area contributed by atoms with E-state index in [4.69, 9.17) is 4.74 Å². The monoisotopic (exact) mass is 409 g/mol. The number of hydrogen-bond donors (Lipinski definition) is 2. The average molecular weight is 410 g/mol. The van der Waals surface area contributed by atoms with Gasteiger partial charge in [-0.25, -0.2) is 0 Å². The molecule has 6 heteroatoms. The molecule has 1 aliphatic rings. The van der Waals surface area contributed by atoms with Gasteiger partial charge in [0.05, 0.1) is 7.11 Å². The van der Waals surface area contributed by atoms with Crippen LogP contribution in [-0.4, -0.2) is 38.6 Å². The Morgan fingerprint density at radius 3 is 2.37 bits per heavy atom. The summed E-state index contributed by atoms with van der Waals surface area (Å²) in [4.78, 5) is 26.4. The fourth-order valence-corrected chi connectivity index (χ4v) is 3.71. The van der Waals surface area contributed by atoms with E-state index in [9.17, 15) is 9.59 Å². The van der Waals surface area contributed by atoms with Gasteiger partial charge in [0.25, 0.3) is 0 Å². The number of rotatable bonds is 8. The molecule has 0 saturated carbocycles. The van der Waals surface area contributed by atoms with Gasteiger partial charge < -0.3 is 20.3 Å². The number of hydrogen-bond acceptors (Lipinski definition) is 4. The minimum atomic E-state index is -0.633. The molecule has 30 heavy (non-hydrogen) atoms. The molecule has 2 amide bonds. The number of anilines is 1. The molecule has 1 saturated heterocycles. The van der Waals surface area contributed by atoms with Crippen LogP contribution in [0.1, 0.15) is 36.8 Å². The first kappa shape index (κ1) is 21.7. The molecular weight excluding hydrogens is 378 g/mol. The van der Waals surface area contributed by atoms with Gasteiger partial charge in [0.2, 0.25) is 0 Å². The predicted octanol–water partition coefficient (Wildman–Crippen LogP) is 3.05. The number of nitrogens with one attached hydrogen (secondary N) is 2. The highest BCUT2D eigenvalue weighted by molar-refractivity contribution is 6.35. The second-order valence-corrected chi connectivity index (χ2v) is 7.57. The molecular formula is C24H31N3O3. The van der Waals surface area contributed by atoms with E-state index in [-0.39, 0.29) is 6.54 Å². The fraction of sp³-hybridized carbons (Fsp3) is 0.417. The first-order valence-electron chi connectivity index (χ1n) is 10.7. The maximum atomic E-state index is 12.0. The van der Waals surface area contributed by atoms with Gasteiger partial charge >= 0.3 is 11.8 Å². The third-order valence-corrected chi connectivity index (χ3v) is 5.42. The molecule has 6 nitrogen and oxygen atoms in total. The van der Waals surface area contributed by atoms with Gasteiger partial charge in [0.15, 0.2) is 0 Å². The molecule has 1 fully saturated rings. The third-order valence-electron chi connectivity index (χ3n) is 5.42. The van der Waals surface area contributed by atoms with Crippen molar-refractivity contribution in [2.45, 2.75) is 38.6 Å². The van der Waals surface area contributed by atoms with Crippen LogP contribution in [0.5, 0.6) is 5.75 Å². The lowest BCUT2D eigenvalue weighted by Gasteiger charge is -2.28. The van der Waals surface area contributed by atoms with E-state index < -0.39 is 11.8 Å². The van der Waals surface area contributed by atoms with Crippen LogP contribution in [0, 0.1) is 0 Å². The van der Waals surface area contributed by atoms with Crippen molar-refractivity contribution in [3.8, 4) is 5.75 Å². The largest absolute Gasteiger partial charge is 0.496 e. The summed E-state index contributed by atoms with van der Waals surface area (Å²) in [6.07, 6.45) is 5.53. The van der Waals surface area contributed by atoms with Crippen LogP contribution in [0.15, 0.2) is 48.5 Å². The van der Waals surface area contributed by atoms with Crippen molar-refractivity contribution in [2.24, 2.45) is 0 Å². The van der Waals surface area contributed by atoms with Crippen LogP contribution >= 0.6 is 0 Å². The van der Waals surface area contributed by atoms with Gasteiger partial charge in [-0.1, -0.05) is 30.3 Å². The number of amides is 2. The number of para-hydroxylation sites is 1. The highest BCUT2D eigenvalue weighted by Crippen LogP contribution is 2.20. The molecule has 0 spiro atoms. The van der Waals surface area contributed by atoms with Crippen molar-refractivity contribution < 1.29 is 14.3 Å². The first-order valence-corrected chi connectivity index (χ1v) is 10.7. The van der Waals surface area contributed by atoms with Gasteiger partial charge in [0.1, 0.15) is 5.75 Å². The van der Waals surface area contributed by atoms with Crippen LogP contribution in [0.2, 0.25) is 0 Å². The molecule has 0 aromatic heterocycles. The van der Waals surface area contributed by atoms with Crippen LogP contribution in [-0.2, 0) is 22.6 Å². The van der Waals surface area contributed by atoms with Crippen molar-refractivity contribution in [3.63, 3.8) is 0 Å². The Hall–Kier alpha value is -3.02. The number of benzene rings is 2. The van der Waals surface area contributed by atoms with E-state index in [2.05, 4.69) is 39.8 Å². The highest BCUT2D eigenvalue weighted by atomic mass is 16.5. The van der Waals surface area contributed by atoms with E-state index in [1.807, 2.05) is 24.3 Å². The number of ether oxygens (including phenoxy) is 1. The summed E-state index contributed by atoms with van der Waals surface area (Å²) in [6.45, 7) is 3.00. The van der Waals surface area contributed by atoms with Gasteiger partial charge in [-0.15, -0.1) is 0 Å². The molecule has 0 bridgehead atoms. The van der Waals surface area contributed by atoms with Crippen molar-refractivity contribution >= 4 is 17.5 Å². The Balaban J connectivity index is 1.35. The second kappa shape index (κ2) is 11.2. The van der Waals surface area contributed by atoms with E-state index in [1.165, 1.54) is 30.5 Å². The van der Waals surface area contributed by atoms with E-state index in [0.29, 0.717) is 12.3 Å². The molecule has 160 valence electrons. The second-order valence-electron chi connectivity index (χ2n) is 7.57. The zero-order chi connectivity index (χ0) is 21.2. The molecule has 2 N–H and O–H groups in total. The standard InChI is InChI=1S/C24H31N3O3/c1-30-22-10-4-3-9-20(22)18-26-24(29)23(28)25-15-7-8-19-11-13-21(14-12-19)27-16-5-2-6-17-27/h3-4,9-14H,2,5-8,15-18H2,1H3,(H,25,28)(H,26,29). The Bertz CT molecular complexity index is 830. The Morgan fingerprint density at radius 1 is 0.933 bits per heavy atom. The summed E-state index contributed by atoms with van der Waals surface area (Å²) in [5, 5.41) is 5.32.